The molecule has 1 N–H and O–H groups in total. The highest BCUT2D eigenvalue weighted by atomic mass is 32.1. The Morgan fingerprint density at radius 2 is 1.82 bits per heavy atom. The molecule has 1 amide bonds. The summed E-state index contributed by atoms with van der Waals surface area (Å²) in [5.74, 6) is 0.886. The van der Waals surface area contributed by atoms with Crippen molar-refractivity contribution in [2.45, 2.75) is 25.9 Å². The molecule has 1 aliphatic rings. The van der Waals surface area contributed by atoms with Crippen molar-refractivity contribution in [2.24, 2.45) is 5.92 Å². The Kier molecular flexibility index (Phi) is 6.27. The Morgan fingerprint density at radius 1 is 1.06 bits per heavy atom. The zero-order chi connectivity index (χ0) is 23.5. The molecule has 1 aliphatic carbocycles. The molecule has 1 fully saturated rings. The first kappa shape index (κ1) is 22.1. The first-order valence-corrected chi connectivity index (χ1v) is 11.9. The molecule has 0 radical (unpaired) electrons. The van der Waals surface area contributed by atoms with Gasteiger partial charge in [0.25, 0.3) is 5.19 Å². The first-order chi connectivity index (χ1) is 16.5. The summed E-state index contributed by atoms with van der Waals surface area (Å²) in [6.45, 7) is 1.94. The second-order valence-electron chi connectivity index (χ2n) is 8.30. The van der Waals surface area contributed by atoms with Crippen molar-refractivity contribution in [3.05, 3.63) is 89.6 Å². The summed E-state index contributed by atoms with van der Waals surface area (Å²) in [5.41, 5.74) is 3.55. The molecule has 5 nitrogen and oxygen atoms in total. The third-order valence-corrected chi connectivity index (χ3v) is 6.49. The minimum Gasteiger partial charge on any atom is -0.490 e. The number of carbonyl (C=O) groups is 1. The average Bonchev–Trinajstić information content (AvgIpc) is 3.28. The lowest BCUT2D eigenvalue weighted by atomic mass is 9.81. The van der Waals surface area contributed by atoms with E-state index in [1.807, 2.05) is 60.8 Å². The van der Waals surface area contributed by atoms with Crippen molar-refractivity contribution in [1.29, 1.82) is 0 Å². The van der Waals surface area contributed by atoms with Crippen LogP contribution >= 0.6 is 11.3 Å². The molecule has 34 heavy (non-hydrogen) atoms. The number of anilines is 1. The number of aryl methyl sites for hydroxylation is 1. The van der Waals surface area contributed by atoms with Gasteiger partial charge in [0.2, 0.25) is 5.91 Å². The molecule has 0 saturated heterocycles. The normalized spacial score (nSPS) is 17.0. The lowest BCUT2D eigenvalue weighted by Crippen LogP contribution is -2.40. The quantitative estimate of drug-likeness (QED) is 0.318. The highest BCUT2D eigenvalue weighted by molar-refractivity contribution is 7.11. The fraction of sp³-hybridized carbons (Fsp3) is 0.185. The maximum atomic E-state index is 13.0. The summed E-state index contributed by atoms with van der Waals surface area (Å²) in [4.78, 5) is 17.2. The molecule has 1 aromatic heterocycles. The van der Waals surface area contributed by atoms with Gasteiger partial charge in [0.1, 0.15) is 23.4 Å². The maximum absolute atomic E-state index is 13.0. The average molecular weight is 475 g/mol. The summed E-state index contributed by atoms with van der Waals surface area (Å²) in [6.07, 6.45) is 1.24. The number of ether oxygens (including phenoxy) is 2. The van der Waals surface area contributed by atoms with Gasteiger partial charge in [-0.15, -0.1) is 0 Å². The van der Waals surface area contributed by atoms with Gasteiger partial charge in [-0.25, -0.2) is 9.37 Å². The number of hydrogen-bond donors (Lipinski definition) is 1. The highest BCUT2D eigenvalue weighted by Crippen LogP contribution is 2.34. The molecular weight excluding hydrogens is 451 g/mol. The van der Waals surface area contributed by atoms with Crippen LogP contribution in [-0.4, -0.2) is 17.0 Å². The Morgan fingerprint density at radius 3 is 2.56 bits per heavy atom. The van der Waals surface area contributed by atoms with E-state index >= 15 is 0 Å². The van der Waals surface area contributed by atoms with Crippen molar-refractivity contribution in [3.8, 4) is 28.0 Å². The van der Waals surface area contributed by atoms with E-state index in [2.05, 4.69) is 10.3 Å². The summed E-state index contributed by atoms with van der Waals surface area (Å²) >= 11 is 1.45. The van der Waals surface area contributed by atoms with E-state index in [0.29, 0.717) is 29.5 Å². The number of amides is 1. The molecule has 0 atom stereocenters. The molecule has 4 aromatic rings. The minimum atomic E-state index is -0.298. The fourth-order valence-electron chi connectivity index (χ4n) is 3.81. The van der Waals surface area contributed by atoms with Crippen LogP contribution in [-0.2, 0) is 4.79 Å². The molecule has 0 spiro atoms. The zero-order valence-electron chi connectivity index (χ0n) is 18.5. The molecule has 172 valence electrons. The number of aromatic nitrogens is 1. The molecule has 1 heterocycles. The number of thiazole rings is 1. The fourth-order valence-corrected chi connectivity index (χ4v) is 4.50. The molecule has 3 aromatic carbocycles. The van der Waals surface area contributed by atoms with Crippen molar-refractivity contribution >= 4 is 22.9 Å². The number of rotatable bonds is 7. The molecule has 7 heteroatoms. The third kappa shape index (κ3) is 5.10. The first-order valence-electron chi connectivity index (χ1n) is 11.1. The van der Waals surface area contributed by atoms with Crippen molar-refractivity contribution in [3.63, 3.8) is 0 Å². The van der Waals surface area contributed by atoms with Crippen molar-refractivity contribution in [1.82, 2.24) is 4.98 Å². The van der Waals surface area contributed by atoms with Gasteiger partial charge >= 0.3 is 0 Å². The van der Waals surface area contributed by atoms with Gasteiger partial charge in [-0.3, -0.25) is 4.79 Å². The van der Waals surface area contributed by atoms with Crippen LogP contribution < -0.4 is 14.8 Å². The summed E-state index contributed by atoms with van der Waals surface area (Å²) in [6, 6.07) is 21.5. The van der Waals surface area contributed by atoms with Crippen LogP contribution in [0.25, 0.3) is 11.3 Å². The lowest BCUT2D eigenvalue weighted by molar-refractivity contribution is -0.125. The van der Waals surface area contributed by atoms with Gasteiger partial charge in [-0.2, -0.15) is 0 Å². The van der Waals surface area contributed by atoms with Gasteiger partial charge < -0.3 is 14.8 Å². The monoisotopic (exact) mass is 474 g/mol. The number of benzene rings is 3. The number of hydrogen-bond acceptors (Lipinski definition) is 5. The molecular formula is C27H23FN2O3S. The van der Waals surface area contributed by atoms with Crippen LogP contribution in [0.2, 0.25) is 0 Å². The van der Waals surface area contributed by atoms with E-state index in [1.165, 1.54) is 23.5 Å². The van der Waals surface area contributed by atoms with E-state index < -0.39 is 0 Å². The van der Waals surface area contributed by atoms with Gasteiger partial charge in [0, 0.05) is 22.5 Å². The maximum Gasteiger partial charge on any atom is 0.279 e. The van der Waals surface area contributed by atoms with Crippen LogP contribution in [0.5, 0.6) is 16.7 Å². The number of nitrogens with one attached hydrogen (secondary N) is 1. The lowest BCUT2D eigenvalue weighted by Gasteiger charge is -2.34. The van der Waals surface area contributed by atoms with Crippen LogP contribution in [0.15, 0.2) is 78.2 Å². The van der Waals surface area contributed by atoms with Crippen molar-refractivity contribution in [2.75, 3.05) is 5.32 Å². The Balaban J connectivity index is 1.14. The molecule has 1 saturated carbocycles. The van der Waals surface area contributed by atoms with Crippen LogP contribution in [0.1, 0.15) is 18.4 Å². The smallest absolute Gasteiger partial charge is 0.279 e. The topological polar surface area (TPSA) is 60.5 Å². The largest absolute Gasteiger partial charge is 0.490 e. The van der Waals surface area contributed by atoms with E-state index in [-0.39, 0.29) is 23.7 Å². The van der Waals surface area contributed by atoms with Crippen LogP contribution in [0.3, 0.4) is 0 Å². The molecule has 5 rings (SSSR count). The second-order valence-corrected chi connectivity index (χ2v) is 9.12. The van der Waals surface area contributed by atoms with Gasteiger partial charge in [0.15, 0.2) is 0 Å². The Labute approximate surface area is 201 Å². The van der Waals surface area contributed by atoms with E-state index in [1.54, 1.807) is 12.1 Å². The SMILES string of the molecule is Cc1cc(NC(=O)C2CC(Oc3ccc(F)cc3)C2)ccc1Oc1nc(-c2ccccc2)cs1. The number of carbonyl (C=O) groups excluding carboxylic acids is 1. The van der Waals surface area contributed by atoms with Crippen LogP contribution in [0, 0.1) is 18.7 Å². The Bertz CT molecular complexity index is 1280. The van der Waals surface area contributed by atoms with Crippen LogP contribution in [0.4, 0.5) is 10.1 Å². The minimum absolute atomic E-state index is 0.0283. The molecule has 0 bridgehead atoms. The summed E-state index contributed by atoms with van der Waals surface area (Å²) in [5, 5.41) is 5.52. The third-order valence-electron chi connectivity index (χ3n) is 5.77. The van der Waals surface area contributed by atoms with Gasteiger partial charge in [-0.1, -0.05) is 41.7 Å². The van der Waals surface area contributed by atoms with Crippen molar-refractivity contribution < 1.29 is 18.7 Å². The van der Waals surface area contributed by atoms with E-state index in [0.717, 1.165) is 22.5 Å². The second kappa shape index (κ2) is 9.65. The predicted octanol–water partition coefficient (Wildman–Crippen LogP) is 6.85. The summed E-state index contributed by atoms with van der Waals surface area (Å²) in [7, 11) is 0. The standard InChI is InChI=1S/C27H23FN2O3S/c1-17-13-21(29-26(31)19-14-23(15-19)32-22-10-7-20(28)8-11-22)9-12-25(17)33-27-30-24(16-34-27)18-5-3-2-4-6-18/h2-13,16,19,23H,14-15H2,1H3,(H,29,31). The van der Waals surface area contributed by atoms with Gasteiger partial charge in [-0.05, 0) is 67.8 Å². The predicted molar refractivity (Wildman–Crippen MR) is 131 cm³/mol. The van der Waals surface area contributed by atoms with Gasteiger partial charge in [0.05, 0.1) is 5.69 Å². The number of halogens is 1. The van der Waals surface area contributed by atoms with E-state index in [4.69, 9.17) is 9.47 Å². The molecule has 0 unspecified atom stereocenters. The highest BCUT2D eigenvalue weighted by Gasteiger charge is 2.36. The zero-order valence-corrected chi connectivity index (χ0v) is 19.3. The number of nitrogens with zero attached hydrogens (tertiary/aromatic N) is 1. The summed E-state index contributed by atoms with van der Waals surface area (Å²) < 4.78 is 24.8. The molecule has 0 aliphatic heterocycles. The van der Waals surface area contributed by atoms with E-state index in [9.17, 15) is 9.18 Å². The Hall–Kier alpha value is -3.71.